The second-order valence-electron chi connectivity index (χ2n) is 7.12. The highest BCUT2D eigenvalue weighted by molar-refractivity contribution is 7.89. The Hall–Kier alpha value is -2.11. The van der Waals surface area contributed by atoms with Crippen LogP contribution in [0.25, 0.3) is 0 Å². The van der Waals surface area contributed by atoms with Crippen LogP contribution in [0, 0.1) is 11.6 Å². The molecule has 1 atom stereocenters. The predicted molar refractivity (Wildman–Crippen MR) is 106 cm³/mol. The molecule has 162 valence electrons. The van der Waals surface area contributed by atoms with Gasteiger partial charge in [-0.2, -0.15) is 4.31 Å². The van der Waals surface area contributed by atoms with Gasteiger partial charge in [0.1, 0.15) is 16.5 Å². The van der Waals surface area contributed by atoms with E-state index in [0.717, 1.165) is 28.6 Å². The Kier molecular flexibility index (Phi) is 6.44. The number of rotatable bonds is 4. The van der Waals surface area contributed by atoms with Crippen LogP contribution in [0.15, 0.2) is 41.3 Å². The molecule has 2 N–H and O–H groups in total. The first kappa shape index (κ1) is 22.6. The van der Waals surface area contributed by atoms with Crippen LogP contribution in [0.3, 0.4) is 0 Å². The van der Waals surface area contributed by atoms with E-state index < -0.39 is 38.1 Å². The maximum absolute atomic E-state index is 14.4. The lowest BCUT2D eigenvalue weighted by atomic mass is 10.1. The molecule has 1 heterocycles. The van der Waals surface area contributed by atoms with Gasteiger partial charge in [0, 0.05) is 24.3 Å². The molecular weight excluding hydrogens is 442 g/mol. The lowest BCUT2D eigenvalue weighted by molar-refractivity contribution is -0.0174. The predicted octanol–water partition coefficient (Wildman–Crippen LogP) is 2.64. The number of nitrogens with zero attached hydrogens (tertiary/aromatic N) is 1. The summed E-state index contributed by atoms with van der Waals surface area (Å²) in [6.07, 6.45) is 0. The van der Waals surface area contributed by atoms with Crippen LogP contribution < -0.4 is 5.32 Å². The number of β-amino-alcohol motifs (C(OH)–C–C–N with tert-alkyl or cyclic N) is 1. The van der Waals surface area contributed by atoms with Gasteiger partial charge in [0.25, 0.3) is 5.91 Å². The summed E-state index contributed by atoms with van der Waals surface area (Å²) in [5.74, 6) is -2.44. The zero-order valence-corrected chi connectivity index (χ0v) is 17.4. The van der Waals surface area contributed by atoms with Crippen LogP contribution in [0.2, 0.25) is 5.02 Å². The highest BCUT2D eigenvalue weighted by Gasteiger charge is 2.36. The van der Waals surface area contributed by atoms with Crippen LogP contribution in [-0.2, 0) is 14.8 Å². The minimum atomic E-state index is -4.36. The van der Waals surface area contributed by atoms with Gasteiger partial charge in [0.2, 0.25) is 10.0 Å². The molecule has 0 bridgehead atoms. The van der Waals surface area contributed by atoms with Crippen LogP contribution in [-0.4, -0.2) is 55.6 Å². The van der Waals surface area contributed by atoms with E-state index in [-0.39, 0.29) is 42.6 Å². The monoisotopic (exact) mass is 460 g/mol. The molecule has 1 fully saturated rings. The summed E-state index contributed by atoms with van der Waals surface area (Å²) in [7, 11) is -4.36. The SMILES string of the molecule is CC1(O)COCCN(S(=O)(=O)c2cc(C(=O)Nc3ccc(F)c(Cl)c3)ccc2F)C1. The summed E-state index contributed by atoms with van der Waals surface area (Å²) in [4.78, 5) is 11.8. The Labute approximate surface area is 177 Å². The lowest BCUT2D eigenvalue weighted by Gasteiger charge is -2.27. The second kappa shape index (κ2) is 8.56. The van der Waals surface area contributed by atoms with Gasteiger partial charge in [0.15, 0.2) is 0 Å². The minimum Gasteiger partial charge on any atom is -0.386 e. The Morgan fingerprint density at radius 2 is 1.93 bits per heavy atom. The lowest BCUT2D eigenvalue weighted by Crippen LogP contribution is -2.44. The number of hydrogen-bond donors (Lipinski definition) is 2. The molecule has 30 heavy (non-hydrogen) atoms. The molecule has 1 aliphatic rings. The molecule has 0 spiro atoms. The second-order valence-corrected chi connectivity index (χ2v) is 9.43. The number of sulfonamides is 1. The molecule has 0 aliphatic carbocycles. The van der Waals surface area contributed by atoms with Crippen molar-refractivity contribution >= 4 is 33.2 Å². The van der Waals surface area contributed by atoms with Crippen molar-refractivity contribution in [1.29, 1.82) is 0 Å². The highest BCUT2D eigenvalue weighted by Crippen LogP contribution is 2.25. The molecule has 0 saturated carbocycles. The first-order valence-electron chi connectivity index (χ1n) is 8.86. The number of nitrogens with one attached hydrogen (secondary N) is 1. The quantitative estimate of drug-likeness (QED) is 0.731. The van der Waals surface area contributed by atoms with Crippen molar-refractivity contribution in [1.82, 2.24) is 4.31 Å². The number of benzene rings is 2. The van der Waals surface area contributed by atoms with Crippen LogP contribution in [0.4, 0.5) is 14.5 Å². The van der Waals surface area contributed by atoms with Crippen molar-refractivity contribution in [2.24, 2.45) is 0 Å². The summed E-state index contributed by atoms with van der Waals surface area (Å²) in [6.45, 7) is 1.00. The molecule has 11 heteroatoms. The van der Waals surface area contributed by atoms with Gasteiger partial charge in [-0.15, -0.1) is 0 Å². The molecule has 1 unspecified atom stereocenters. The van der Waals surface area contributed by atoms with Crippen molar-refractivity contribution in [2.45, 2.75) is 17.4 Å². The van der Waals surface area contributed by atoms with Gasteiger partial charge in [-0.25, -0.2) is 17.2 Å². The Balaban J connectivity index is 1.90. The molecule has 0 aromatic heterocycles. The van der Waals surface area contributed by atoms with Gasteiger partial charge in [-0.3, -0.25) is 4.79 Å². The summed E-state index contributed by atoms with van der Waals surface area (Å²) in [6, 6.07) is 6.43. The van der Waals surface area contributed by atoms with Crippen molar-refractivity contribution < 1.29 is 31.8 Å². The third kappa shape index (κ3) is 4.96. The average Bonchev–Trinajstić information content (AvgIpc) is 2.86. The topological polar surface area (TPSA) is 95.9 Å². The van der Waals surface area contributed by atoms with Gasteiger partial charge in [0.05, 0.1) is 23.8 Å². The maximum Gasteiger partial charge on any atom is 0.255 e. The van der Waals surface area contributed by atoms with Crippen LogP contribution >= 0.6 is 11.6 Å². The Bertz CT molecular complexity index is 1080. The summed E-state index contributed by atoms with van der Waals surface area (Å²) < 4.78 is 59.8. The first-order chi connectivity index (χ1) is 14.0. The van der Waals surface area contributed by atoms with Crippen molar-refractivity contribution in [2.75, 3.05) is 31.6 Å². The smallest absolute Gasteiger partial charge is 0.255 e. The number of anilines is 1. The molecular formula is C19H19ClF2N2O5S. The molecule has 1 aliphatic heterocycles. The molecule has 3 rings (SSSR count). The minimum absolute atomic E-state index is 0.0303. The number of halogens is 3. The zero-order chi connectivity index (χ0) is 22.1. The molecule has 2 aromatic rings. The van der Waals surface area contributed by atoms with E-state index >= 15 is 0 Å². The van der Waals surface area contributed by atoms with E-state index in [1.54, 1.807) is 0 Å². The number of carbonyl (C=O) groups excluding carboxylic acids is 1. The van der Waals surface area contributed by atoms with Crippen LogP contribution in [0.1, 0.15) is 17.3 Å². The first-order valence-corrected chi connectivity index (χ1v) is 10.7. The zero-order valence-electron chi connectivity index (χ0n) is 15.9. The van der Waals surface area contributed by atoms with Gasteiger partial charge in [-0.05, 0) is 43.3 Å². The number of hydrogen-bond acceptors (Lipinski definition) is 5. The normalized spacial score (nSPS) is 20.6. The number of amides is 1. The molecule has 0 radical (unpaired) electrons. The summed E-state index contributed by atoms with van der Waals surface area (Å²) in [5, 5.41) is 12.5. The van der Waals surface area contributed by atoms with Gasteiger partial charge < -0.3 is 15.2 Å². The van der Waals surface area contributed by atoms with Crippen molar-refractivity contribution in [3.8, 4) is 0 Å². The fourth-order valence-electron chi connectivity index (χ4n) is 2.93. The Morgan fingerprint density at radius 3 is 2.63 bits per heavy atom. The van der Waals surface area contributed by atoms with E-state index in [0.29, 0.717) is 0 Å². The fourth-order valence-corrected chi connectivity index (χ4v) is 4.74. The fraction of sp³-hybridized carbons (Fsp3) is 0.316. The van der Waals surface area contributed by atoms with Crippen molar-refractivity contribution in [3.05, 3.63) is 58.6 Å². The molecule has 7 nitrogen and oxygen atoms in total. The van der Waals surface area contributed by atoms with E-state index in [1.807, 2.05) is 0 Å². The highest BCUT2D eigenvalue weighted by atomic mass is 35.5. The average molecular weight is 461 g/mol. The van der Waals surface area contributed by atoms with Crippen LogP contribution in [0.5, 0.6) is 0 Å². The number of aliphatic hydroxyl groups is 1. The van der Waals surface area contributed by atoms with E-state index in [1.165, 1.54) is 19.1 Å². The number of ether oxygens (including phenoxy) is 1. The van der Waals surface area contributed by atoms with E-state index in [2.05, 4.69) is 5.32 Å². The third-order valence-electron chi connectivity index (χ3n) is 4.40. The van der Waals surface area contributed by atoms with Crippen molar-refractivity contribution in [3.63, 3.8) is 0 Å². The van der Waals surface area contributed by atoms with Gasteiger partial charge >= 0.3 is 0 Å². The summed E-state index contributed by atoms with van der Waals surface area (Å²) in [5.41, 5.74) is -1.40. The molecule has 1 amide bonds. The number of carbonyl (C=O) groups is 1. The van der Waals surface area contributed by atoms with Gasteiger partial charge in [-0.1, -0.05) is 11.6 Å². The molecule has 1 saturated heterocycles. The Morgan fingerprint density at radius 1 is 1.23 bits per heavy atom. The van der Waals surface area contributed by atoms with E-state index in [4.69, 9.17) is 16.3 Å². The largest absolute Gasteiger partial charge is 0.386 e. The third-order valence-corrected chi connectivity index (χ3v) is 6.55. The maximum atomic E-state index is 14.4. The standard InChI is InChI=1S/C19H19ClF2N2O5S/c1-19(26)10-24(6-7-29-11-19)30(27,28)17-8-12(2-4-16(17)22)18(25)23-13-3-5-15(21)14(20)9-13/h2-5,8-9,26H,6-7,10-11H2,1H3,(H,23,25). The summed E-state index contributed by atoms with van der Waals surface area (Å²) >= 11 is 5.68. The molecule has 2 aromatic carbocycles. The van der Waals surface area contributed by atoms with E-state index in [9.17, 15) is 27.1 Å².